The molecule has 1 amide bonds. The van der Waals surface area contributed by atoms with Gasteiger partial charge >= 0.3 is 7.12 Å². The Labute approximate surface area is 594 Å². The first-order chi connectivity index (χ1) is 45.7. The fraction of sp³-hybridized carbons (Fsp3) is 0.294. The number of carbonyl (C=O) groups excluding carboxylic acids is 2. The third-order valence-electron chi connectivity index (χ3n) is 15.7. The Morgan fingerprint density at radius 2 is 0.884 bits per heavy atom. The van der Waals surface area contributed by atoms with Crippen molar-refractivity contribution in [2.75, 3.05) is 86.7 Å². The van der Waals surface area contributed by atoms with Crippen LogP contribution in [0.3, 0.4) is 0 Å². The number of amides is 1. The van der Waals surface area contributed by atoms with Crippen molar-refractivity contribution in [3.8, 4) is 22.3 Å². The minimum Gasteiger partial charge on any atom is -0.423 e. The van der Waals surface area contributed by atoms with Gasteiger partial charge < -0.3 is 34.5 Å². The molecule has 0 radical (unpaired) electrons. The zero-order chi connectivity index (χ0) is 68.9. The van der Waals surface area contributed by atoms with Gasteiger partial charge in [0.2, 0.25) is 11.1 Å². The van der Waals surface area contributed by atoms with Crippen LogP contribution in [0.25, 0.3) is 55.0 Å². The Bertz CT molecular complexity index is 4130. The van der Waals surface area contributed by atoms with Gasteiger partial charge in [0.15, 0.2) is 0 Å². The molecule has 3 aliphatic heterocycles. The van der Waals surface area contributed by atoms with Crippen LogP contribution >= 0.6 is 97.1 Å². The van der Waals surface area contributed by atoms with Gasteiger partial charge in [-0.1, -0.05) is 158 Å². The first kappa shape index (κ1) is 76.0. The second kappa shape index (κ2) is 37.4. The molecule has 9 aromatic rings. The fourth-order valence-corrected chi connectivity index (χ4v) is 13.0. The molecule has 3 saturated heterocycles. The molecule has 3 aromatic heterocycles. The Morgan fingerprint density at radius 3 is 1.22 bits per heavy atom. The van der Waals surface area contributed by atoms with E-state index in [0.717, 1.165) is 73.0 Å². The van der Waals surface area contributed by atoms with E-state index < -0.39 is 24.0 Å². The summed E-state index contributed by atoms with van der Waals surface area (Å²) in [7, 11) is -1.72. The predicted octanol–water partition coefficient (Wildman–Crippen LogP) is 16.8. The fourth-order valence-electron chi connectivity index (χ4n) is 10.7. The average Bonchev–Trinajstić information content (AvgIpc) is 0.776. The summed E-state index contributed by atoms with van der Waals surface area (Å²) >= 11 is 46.8. The number of rotatable bonds is 11. The van der Waals surface area contributed by atoms with Gasteiger partial charge in [0.05, 0.1) is 51.2 Å². The molecule has 12 rings (SSSR count). The molecular formula is C68H69BBrCl7F3N11O4. The summed E-state index contributed by atoms with van der Waals surface area (Å²) in [5, 5.41) is 21.4. The van der Waals surface area contributed by atoms with Gasteiger partial charge in [-0.2, -0.15) is 0 Å². The van der Waals surface area contributed by atoms with Crippen LogP contribution in [0.4, 0.5) is 30.6 Å². The molecule has 0 atom stereocenters. The normalized spacial score (nSPS) is 13.6. The van der Waals surface area contributed by atoms with E-state index >= 15 is 0 Å². The maximum Gasteiger partial charge on any atom is 0.491 e. The zero-order valence-electron chi connectivity index (χ0n) is 52.3. The molecule has 6 heterocycles. The molecule has 15 nitrogen and oxygen atoms in total. The number of allylic oxidation sites excluding steroid dienone is 1. The number of aromatic nitrogens is 6. The van der Waals surface area contributed by atoms with Gasteiger partial charge in [0.1, 0.15) is 53.9 Å². The van der Waals surface area contributed by atoms with Crippen LogP contribution in [-0.4, -0.2) is 140 Å². The van der Waals surface area contributed by atoms with Gasteiger partial charge in [0, 0.05) is 96.2 Å². The molecule has 0 bridgehead atoms. The van der Waals surface area contributed by atoms with Crippen molar-refractivity contribution < 1.29 is 32.8 Å². The van der Waals surface area contributed by atoms with Crippen LogP contribution in [0, 0.1) is 17.5 Å². The molecule has 0 unspecified atom stereocenters. The van der Waals surface area contributed by atoms with Crippen molar-refractivity contribution in [3.63, 3.8) is 0 Å². The van der Waals surface area contributed by atoms with Gasteiger partial charge in [-0.15, -0.1) is 0 Å². The minimum atomic E-state index is -1.72. The Hall–Kier alpha value is -6.40. The molecule has 0 saturated carbocycles. The third kappa shape index (κ3) is 19.7. The van der Waals surface area contributed by atoms with Crippen molar-refractivity contribution in [1.29, 1.82) is 0 Å². The van der Waals surface area contributed by atoms with E-state index in [1.807, 2.05) is 6.07 Å². The number of halogens is 11. The van der Waals surface area contributed by atoms with E-state index in [1.54, 1.807) is 59.8 Å². The maximum absolute atomic E-state index is 14.3. The molecule has 27 heteroatoms. The summed E-state index contributed by atoms with van der Waals surface area (Å²) in [5.41, 5.74) is 3.32. The van der Waals surface area contributed by atoms with E-state index in [-0.39, 0.29) is 22.2 Å². The second-order valence-electron chi connectivity index (χ2n) is 21.5. The van der Waals surface area contributed by atoms with Crippen LogP contribution in [-0.2, 0) is 9.59 Å². The summed E-state index contributed by atoms with van der Waals surface area (Å²) in [6.07, 6.45) is 14.1. The highest BCUT2D eigenvalue weighted by Crippen LogP contribution is 2.45. The van der Waals surface area contributed by atoms with Crippen molar-refractivity contribution in [2.24, 2.45) is 0 Å². The Balaban J connectivity index is 0.000000176. The summed E-state index contributed by atoms with van der Waals surface area (Å²) < 4.78 is 41.8. The van der Waals surface area contributed by atoms with Crippen LogP contribution in [0.5, 0.6) is 0 Å². The molecular weight excluding hydrogens is 1430 g/mol. The van der Waals surface area contributed by atoms with Gasteiger partial charge in [-0.05, 0) is 134 Å². The first-order valence-electron chi connectivity index (χ1n) is 30.5. The Morgan fingerprint density at radius 1 is 0.526 bits per heavy atom. The molecule has 6 aromatic carbocycles. The smallest absolute Gasteiger partial charge is 0.423 e. The van der Waals surface area contributed by atoms with Crippen molar-refractivity contribution in [1.82, 2.24) is 39.7 Å². The average molecular weight is 1500 g/mol. The van der Waals surface area contributed by atoms with Crippen LogP contribution in [0.1, 0.15) is 59.3 Å². The molecule has 3 fully saturated rings. The first-order valence-corrected chi connectivity index (χ1v) is 34.0. The lowest BCUT2D eigenvalue weighted by molar-refractivity contribution is -0.126. The summed E-state index contributed by atoms with van der Waals surface area (Å²) in [4.78, 5) is 58.2. The zero-order valence-corrected chi connectivity index (χ0v) is 59.2. The quantitative estimate of drug-likeness (QED) is 0.0543. The van der Waals surface area contributed by atoms with E-state index in [2.05, 4.69) is 99.4 Å². The van der Waals surface area contributed by atoms with E-state index in [0.29, 0.717) is 100 Å². The standard InChI is InChI=1S/C21H17Cl2FN4O.C19H16Cl2FN3.C13H12BrCl2N3.C6H6BFO2.C6H15N.C3H3ClO/c1-2-17(29)27-7-9-28(10-8-27)21-14-11-15(22)18(13-5-3-4-6-16(13)24)19(23)20(14)25-12-26-21;20-14-10-13-18(17(21)16(14)12-6-2-3-7-15(12)22)23-11-24-19(13)25-8-4-1-5-9-25;14-10-9(15)6-8-12(11(10)16)17-7-18-13(8)19-4-2-1-3-5-19;8-6-4-2-1-3-5(6)7(9)10;1-4-7(5-2)6-3;1-2-3(4)5/h2-6,11-12H,1,7-10H2;2-3,6-7,10-11H,1,4-5,8-9H2;6-7H,1-5H2;1-4,9-10H;4-6H2,1-3H3;2H,1H2. The van der Waals surface area contributed by atoms with E-state index in [1.165, 1.54) is 100 Å². The number of hydrogen-bond acceptors (Lipinski definition) is 14. The van der Waals surface area contributed by atoms with Crippen LogP contribution in [0.15, 0.2) is 140 Å². The molecule has 3 aliphatic rings. The van der Waals surface area contributed by atoms with Gasteiger partial charge in [0.25, 0.3) is 0 Å². The second-order valence-corrected chi connectivity index (χ2v) is 25.0. The summed E-state index contributed by atoms with van der Waals surface area (Å²) in [5.74, 6) is 0.999. The van der Waals surface area contributed by atoms with E-state index in [4.69, 9.17) is 91.3 Å². The summed E-state index contributed by atoms with van der Waals surface area (Å²) in [6.45, 7) is 23.0. The lowest BCUT2D eigenvalue weighted by Crippen LogP contribution is -2.48. The predicted molar refractivity (Wildman–Crippen MR) is 389 cm³/mol. The van der Waals surface area contributed by atoms with Gasteiger partial charge in [-0.25, -0.2) is 43.1 Å². The molecule has 2 N–H and O–H groups in total. The lowest BCUT2D eigenvalue weighted by atomic mass is 9.80. The van der Waals surface area contributed by atoms with Crippen molar-refractivity contribution >= 4 is 171 Å². The number of piperidine rings is 2. The highest BCUT2D eigenvalue weighted by atomic mass is 79.9. The SMILES string of the molecule is C=CC(=O)Cl.C=CC(=O)N1CCN(c2ncnc3c(Cl)c(-c4ccccc4F)c(Cl)cc23)CC1.CCN(CC)CC.Clc1cc2c(N3CCCCC3)ncnc2c(Cl)c1Br.Fc1ccccc1-c1c(Cl)cc2c(N3CCCCC3)ncnc2c1Cl.OB(O)c1ccccc1F. The minimum absolute atomic E-state index is 0.0854. The molecule has 95 heavy (non-hydrogen) atoms. The number of carbonyl (C=O) groups is 2. The number of benzene rings is 6. The largest absolute Gasteiger partial charge is 0.491 e. The highest BCUT2D eigenvalue weighted by molar-refractivity contribution is 9.10. The summed E-state index contributed by atoms with van der Waals surface area (Å²) in [6, 6.07) is 23.7. The van der Waals surface area contributed by atoms with Crippen molar-refractivity contribution in [3.05, 3.63) is 187 Å². The number of anilines is 3. The van der Waals surface area contributed by atoms with Gasteiger partial charge in [-0.3, -0.25) is 9.59 Å². The highest BCUT2D eigenvalue weighted by Gasteiger charge is 2.26. The van der Waals surface area contributed by atoms with Crippen LogP contribution < -0.4 is 20.2 Å². The molecule has 500 valence electrons. The number of nitrogens with zero attached hydrogens (tertiary/aromatic N) is 11. The third-order valence-corrected chi connectivity index (χ3v) is 19.1. The maximum atomic E-state index is 14.3. The van der Waals surface area contributed by atoms with E-state index in [9.17, 15) is 22.8 Å². The lowest BCUT2D eigenvalue weighted by Gasteiger charge is -2.35. The number of fused-ring (bicyclic) bond motifs is 3. The van der Waals surface area contributed by atoms with Crippen molar-refractivity contribution in [2.45, 2.75) is 59.3 Å². The topological polar surface area (TPSA) is 168 Å². The number of hydrogen-bond donors (Lipinski definition) is 2. The number of piperazine rings is 1. The molecule has 0 spiro atoms. The Kier molecular flexibility index (Phi) is 29.9. The monoisotopic (exact) mass is 1500 g/mol. The molecule has 0 aliphatic carbocycles. The van der Waals surface area contributed by atoms with Crippen LogP contribution in [0.2, 0.25) is 30.1 Å².